The Morgan fingerprint density at radius 3 is 2.73 bits per heavy atom. The first-order valence-electron chi connectivity index (χ1n) is 6.75. The number of hydrogen-bond donors (Lipinski definition) is 2. The number of aliphatic hydroxyl groups excluding tert-OH is 1. The molecule has 0 saturated heterocycles. The van der Waals surface area contributed by atoms with Crippen molar-refractivity contribution < 1.29 is 9.90 Å². The number of carbonyl (C=O) groups is 1. The molecule has 1 aromatic carbocycles. The first-order chi connectivity index (χ1) is 10.4. The van der Waals surface area contributed by atoms with E-state index in [-0.39, 0.29) is 12.5 Å². The standard InChI is InChI=1S/C15H18ClN3O2S/c1-9-13(22-15(18-9)19(2)3)14(21)17-8-12(20)10-6-4-5-7-11(10)16/h4-7,12,20H,8H2,1-3H3,(H,17,21). The first kappa shape index (κ1) is 16.7. The molecule has 7 heteroatoms. The zero-order valence-corrected chi connectivity index (χ0v) is 14.2. The number of nitrogens with zero attached hydrogens (tertiary/aromatic N) is 2. The van der Waals surface area contributed by atoms with Crippen LogP contribution in [0, 0.1) is 6.92 Å². The number of aryl methyl sites for hydroxylation is 1. The number of aromatic nitrogens is 1. The minimum Gasteiger partial charge on any atom is -0.387 e. The third kappa shape index (κ3) is 3.76. The van der Waals surface area contributed by atoms with Crippen LogP contribution in [0.5, 0.6) is 0 Å². The average Bonchev–Trinajstić information content (AvgIpc) is 2.87. The van der Waals surface area contributed by atoms with Crippen molar-refractivity contribution in [1.82, 2.24) is 10.3 Å². The Balaban J connectivity index is 2.02. The van der Waals surface area contributed by atoms with Crippen LogP contribution in [0.25, 0.3) is 0 Å². The molecule has 1 atom stereocenters. The molecule has 0 spiro atoms. The lowest BCUT2D eigenvalue weighted by atomic mass is 10.1. The molecular formula is C15H18ClN3O2S. The van der Waals surface area contributed by atoms with Gasteiger partial charge in [0.2, 0.25) is 0 Å². The molecule has 0 aliphatic carbocycles. The Morgan fingerprint density at radius 2 is 2.14 bits per heavy atom. The van der Waals surface area contributed by atoms with Crippen molar-refractivity contribution in [3.05, 3.63) is 45.4 Å². The fourth-order valence-corrected chi connectivity index (χ4v) is 3.08. The highest BCUT2D eigenvalue weighted by Gasteiger charge is 2.18. The van der Waals surface area contributed by atoms with Crippen LogP contribution >= 0.6 is 22.9 Å². The van der Waals surface area contributed by atoms with Crippen LogP contribution in [0.4, 0.5) is 5.13 Å². The second-order valence-electron chi connectivity index (χ2n) is 5.05. The summed E-state index contributed by atoms with van der Waals surface area (Å²) in [6.07, 6.45) is -0.848. The lowest BCUT2D eigenvalue weighted by Gasteiger charge is -2.13. The largest absolute Gasteiger partial charge is 0.387 e. The smallest absolute Gasteiger partial charge is 0.263 e. The summed E-state index contributed by atoms with van der Waals surface area (Å²) in [5.74, 6) is -0.241. The fourth-order valence-electron chi connectivity index (χ4n) is 1.91. The van der Waals surface area contributed by atoms with Crippen molar-refractivity contribution >= 4 is 34.0 Å². The van der Waals surface area contributed by atoms with Crippen molar-refractivity contribution in [2.75, 3.05) is 25.5 Å². The highest BCUT2D eigenvalue weighted by atomic mass is 35.5. The lowest BCUT2D eigenvalue weighted by molar-refractivity contribution is 0.0919. The number of hydrogen-bond acceptors (Lipinski definition) is 5. The van der Waals surface area contributed by atoms with Crippen LogP contribution in [-0.2, 0) is 0 Å². The number of benzene rings is 1. The Morgan fingerprint density at radius 1 is 1.45 bits per heavy atom. The Labute approximate surface area is 138 Å². The number of anilines is 1. The van der Waals surface area contributed by atoms with Crippen LogP contribution in [0.15, 0.2) is 24.3 Å². The number of aliphatic hydroxyl groups is 1. The normalized spacial score (nSPS) is 12.0. The van der Waals surface area contributed by atoms with Gasteiger partial charge < -0.3 is 15.3 Å². The number of nitrogens with one attached hydrogen (secondary N) is 1. The predicted octanol–water partition coefficient (Wildman–Crippen LogP) is 2.63. The van der Waals surface area contributed by atoms with Gasteiger partial charge in [0.1, 0.15) is 4.88 Å². The number of rotatable bonds is 5. The van der Waals surface area contributed by atoms with E-state index >= 15 is 0 Å². The molecule has 2 rings (SSSR count). The summed E-state index contributed by atoms with van der Waals surface area (Å²) < 4.78 is 0. The average molecular weight is 340 g/mol. The molecule has 22 heavy (non-hydrogen) atoms. The fraction of sp³-hybridized carbons (Fsp3) is 0.333. The Kier molecular flexibility index (Phi) is 5.39. The molecule has 0 aliphatic rings. The number of amides is 1. The molecule has 5 nitrogen and oxygen atoms in total. The molecule has 2 N–H and O–H groups in total. The van der Waals surface area contributed by atoms with Gasteiger partial charge in [-0.3, -0.25) is 4.79 Å². The van der Waals surface area contributed by atoms with Gasteiger partial charge in [0.25, 0.3) is 5.91 Å². The summed E-state index contributed by atoms with van der Waals surface area (Å²) in [5.41, 5.74) is 1.28. The van der Waals surface area contributed by atoms with E-state index in [9.17, 15) is 9.90 Å². The lowest BCUT2D eigenvalue weighted by Crippen LogP contribution is -2.28. The van der Waals surface area contributed by atoms with Gasteiger partial charge in [-0.2, -0.15) is 0 Å². The highest BCUT2D eigenvalue weighted by molar-refractivity contribution is 7.17. The van der Waals surface area contributed by atoms with Crippen molar-refractivity contribution in [3.8, 4) is 0 Å². The molecule has 0 radical (unpaired) electrons. The molecule has 0 fully saturated rings. The van der Waals surface area contributed by atoms with Gasteiger partial charge in [-0.15, -0.1) is 0 Å². The van der Waals surface area contributed by atoms with Gasteiger partial charge in [0.05, 0.1) is 11.8 Å². The molecule has 0 aliphatic heterocycles. The first-order valence-corrected chi connectivity index (χ1v) is 7.95. The summed E-state index contributed by atoms with van der Waals surface area (Å²) in [5, 5.41) is 14.1. The maximum atomic E-state index is 12.2. The van der Waals surface area contributed by atoms with Crippen molar-refractivity contribution in [2.24, 2.45) is 0 Å². The zero-order chi connectivity index (χ0) is 16.3. The molecule has 1 heterocycles. The molecule has 1 amide bonds. The Bertz CT molecular complexity index is 673. The van der Waals surface area contributed by atoms with E-state index in [2.05, 4.69) is 10.3 Å². The Hall–Kier alpha value is -1.63. The van der Waals surface area contributed by atoms with Crippen molar-refractivity contribution in [3.63, 3.8) is 0 Å². The van der Waals surface area contributed by atoms with Crippen LogP contribution in [-0.4, -0.2) is 36.6 Å². The number of thiazole rings is 1. The van der Waals surface area contributed by atoms with Gasteiger partial charge in [-0.1, -0.05) is 41.1 Å². The zero-order valence-electron chi connectivity index (χ0n) is 12.6. The minimum absolute atomic E-state index is 0.0944. The number of halogens is 1. The molecule has 0 bridgehead atoms. The summed E-state index contributed by atoms with van der Waals surface area (Å²) in [4.78, 5) is 19.0. The summed E-state index contributed by atoms with van der Waals surface area (Å²) in [6.45, 7) is 1.89. The molecule has 1 aromatic heterocycles. The second kappa shape index (κ2) is 7.09. The number of carbonyl (C=O) groups excluding carboxylic acids is 1. The molecule has 2 aromatic rings. The van der Waals surface area contributed by atoms with Gasteiger partial charge >= 0.3 is 0 Å². The van der Waals surface area contributed by atoms with Crippen LogP contribution in [0.3, 0.4) is 0 Å². The SMILES string of the molecule is Cc1nc(N(C)C)sc1C(=O)NCC(O)c1ccccc1Cl. The van der Waals surface area contributed by atoms with E-state index in [0.717, 1.165) is 5.13 Å². The van der Waals surface area contributed by atoms with Crippen LogP contribution in [0.1, 0.15) is 27.0 Å². The van der Waals surface area contributed by atoms with Crippen molar-refractivity contribution in [1.29, 1.82) is 0 Å². The molecular weight excluding hydrogens is 322 g/mol. The van der Waals surface area contributed by atoms with Gasteiger partial charge in [0.15, 0.2) is 5.13 Å². The van der Waals surface area contributed by atoms with Crippen LogP contribution < -0.4 is 10.2 Å². The van der Waals surface area contributed by atoms with Gasteiger partial charge in [0, 0.05) is 31.2 Å². The second-order valence-corrected chi connectivity index (χ2v) is 6.44. The van der Waals surface area contributed by atoms with E-state index < -0.39 is 6.10 Å². The van der Waals surface area contributed by atoms with Gasteiger partial charge in [-0.05, 0) is 13.0 Å². The minimum atomic E-state index is -0.848. The predicted molar refractivity (Wildman–Crippen MR) is 89.9 cm³/mol. The molecule has 0 saturated carbocycles. The monoisotopic (exact) mass is 339 g/mol. The van der Waals surface area contributed by atoms with Gasteiger partial charge in [-0.25, -0.2) is 4.98 Å². The summed E-state index contributed by atoms with van der Waals surface area (Å²) >= 11 is 7.35. The third-order valence-electron chi connectivity index (χ3n) is 3.09. The summed E-state index contributed by atoms with van der Waals surface area (Å²) in [7, 11) is 3.75. The van der Waals surface area contributed by atoms with E-state index in [1.807, 2.05) is 19.0 Å². The summed E-state index contributed by atoms with van der Waals surface area (Å²) in [6, 6.07) is 7.03. The van der Waals surface area contributed by atoms with E-state index in [0.29, 0.717) is 21.2 Å². The van der Waals surface area contributed by atoms with E-state index in [1.165, 1.54) is 11.3 Å². The third-order valence-corrected chi connectivity index (χ3v) is 4.76. The molecule has 118 valence electrons. The molecule has 1 unspecified atom stereocenters. The maximum absolute atomic E-state index is 12.2. The topological polar surface area (TPSA) is 65.5 Å². The van der Waals surface area contributed by atoms with E-state index in [4.69, 9.17) is 11.6 Å². The maximum Gasteiger partial charge on any atom is 0.263 e. The highest BCUT2D eigenvalue weighted by Crippen LogP contribution is 2.25. The quantitative estimate of drug-likeness (QED) is 0.879. The van der Waals surface area contributed by atoms with Crippen molar-refractivity contribution in [2.45, 2.75) is 13.0 Å². The van der Waals surface area contributed by atoms with Crippen LogP contribution in [0.2, 0.25) is 5.02 Å². The van der Waals surface area contributed by atoms with E-state index in [1.54, 1.807) is 31.2 Å².